The number of halogens is 1. The van der Waals surface area contributed by atoms with Gasteiger partial charge in [-0.25, -0.2) is 13.1 Å². The summed E-state index contributed by atoms with van der Waals surface area (Å²) in [6.45, 7) is 2.31. The molecular weight excluding hydrogens is 338 g/mol. The van der Waals surface area contributed by atoms with Crippen molar-refractivity contribution in [3.63, 3.8) is 0 Å². The summed E-state index contributed by atoms with van der Waals surface area (Å²) in [6.07, 6.45) is 3.72. The first-order chi connectivity index (χ1) is 10.4. The number of anilines is 1. The van der Waals surface area contributed by atoms with Crippen molar-refractivity contribution in [2.45, 2.75) is 25.8 Å². The van der Waals surface area contributed by atoms with Gasteiger partial charge in [0.2, 0.25) is 15.9 Å². The van der Waals surface area contributed by atoms with Crippen LogP contribution in [-0.4, -0.2) is 33.7 Å². The van der Waals surface area contributed by atoms with E-state index >= 15 is 0 Å². The molecule has 1 aromatic rings. The van der Waals surface area contributed by atoms with Gasteiger partial charge in [-0.3, -0.25) is 4.79 Å². The van der Waals surface area contributed by atoms with Gasteiger partial charge in [0.1, 0.15) is 0 Å². The molecule has 0 radical (unpaired) electrons. The van der Waals surface area contributed by atoms with E-state index in [0.29, 0.717) is 12.3 Å². The van der Waals surface area contributed by atoms with E-state index in [2.05, 4.69) is 15.4 Å². The average molecular weight is 362 g/mol. The van der Waals surface area contributed by atoms with Gasteiger partial charge in [0.25, 0.3) is 0 Å². The Kier molecular flexibility index (Phi) is 7.98. The zero-order chi connectivity index (χ0) is 16.0. The van der Waals surface area contributed by atoms with Crippen LogP contribution in [0.4, 0.5) is 5.69 Å². The number of amides is 1. The lowest BCUT2D eigenvalue weighted by Crippen LogP contribution is -2.21. The largest absolute Gasteiger partial charge is 0.326 e. The van der Waals surface area contributed by atoms with Crippen LogP contribution < -0.4 is 15.4 Å². The van der Waals surface area contributed by atoms with Crippen LogP contribution in [0.3, 0.4) is 0 Å². The number of nitrogens with one attached hydrogen (secondary N) is 3. The van der Waals surface area contributed by atoms with Gasteiger partial charge in [-0.15, -0.1) is 12.4 Å². The fraction of sp³-hybridized carbons (Fsp3) is 0.533. The van der Waals surface area contributed by atoms with E-state index in [9.17, 15) is 13.2 Å². The van der Waals surface area contributed by atoms with Crippen LogP contribution in [0, 0.1) is 5.92 Å². The Bertz CT molecular complexity index is 599. The summed E-state index contributed by atoms with van der Waals surface area (Å²) in [4.78, 5) is 11.9. The number of carbonyl (C=O) groups excluding carboxylic acids is 1. The Morgan fingerprint density at radius 2 is 2.00 bits per heavy atom. The number of hydrogen-bond acceptors (Lipinski definition) is 4. The summed E-state index contributed by atoms with van der Waals surface area (Å²) in [7, 11) is -3.19. The first kappa shape index (κ1) is 19.9. The van der Waals surface area contributed by atoms with E-state index in [1.807, 2.05) is 0 Å². The molecule has 1 saturated heterocycles. The smallest absolute Gasteiger partial charge is 0.224 e. The Balaban J connectivity index is 0.00000264. The van der Waals surface area contributed by atoms with E-state index in [-0.39, 0.29) is 24.9 Å². The molecule has 1 unspecified atom stereocenters. The second-order valence-corrected chi connectivity index (χ2v) is 7.57. The van der Waals surface area contributed by atoms with Crippen LogP contribution in [-0.2, 0) is 21.4 Å². The molecule has 2 rings (SSSR count). The molecule has 0 aliphatic carbocycles. The number of rotatable bonds is 7. The maximum absolute atomic E-state index is 11.9. The van der Waals surface area contributed by atoms with Crippen molar-refractivity contribution >= 4 is 34.0 Å². The quantitative estimate of drug-likeness (QED) is 0.686. The lowest BCUT2D eigenvalue weighted by atomic mass is 10.0. The molecule has 130 valence electrons. The summed E-state index contributed by atoms with van der Waals surface area (Å²) in [5.41, 5.74) is 1.58. The zero-order valence-electron chi connectivity index (χ0n) is 13.2. The summed E-state index contributed by atoms with van der Waals surface area (Å²) in [5, 5.41) is 6.16. The zero-order valence-corrected chi connectivity index (χ0v) is 14.8. The SMILES string of the molecule is CS(=O)(=O)NCc1ccc(NC(=O)CCC2CCNC2)cc1.Cl. The second-order valence-electron chi connectivity index (χ2n) is 5.74. The van der Waals surface area contributed by atoms with Gasteiger partial charge in [0.15, 0.2) is 0 Å². The molecule has 1 aliphatic heterocycles. The summed E-state index contributed by atoms with van der Waals surface area (Å²) < 4.78 is 24.5. The Morgan fingerprint density at radius 1 is 1.30 bits per heavy atom. The first-order valence-electron chi connectivity index (χ1n) is 7.46. The molecule has 1 heterocycles. The molecule has 23 heavy (non-hydrogen) atoms. The van der Waals surface area contributed by atoms with E-state index in [1.165, 1.54) is 0 Å². The second kappa shape index (κ2) is 9.22. The van der Waals surface area contributed by atoms with Gasteiger partial charge in [0.05, 0.1) is 6.26 Å². The third kappa shape index (κ3) is 7.78. The lowest BCUT2D eigenvalue weighted by molar-refractivity contribution is -0.116. The third-order valence-corrected chi connectivity index (χ3v) is 4.39. The predicted molar refractivity (Wildman–Crippen MR) is 94.2 cm³/mol. The Labute approximate surface area is 143 Å². The highest BCUT2D eigenvalue weighted by Crippen LogP contribution is 2.15. The van der Waals surface area contributed by atoms with E-state index in [1.54, 1.807) is 24.3 Å². The van der Waals surface area contributed by atoms with Gasteiger partial charge in [0, 0.05) is 18.7 Å². The van der Waals surface area contributed by atoms with Gasteiger partial charge in [-0.1, -0.05) is 12.1 Å². The number of benzene rings is 1. The number of sulfonamides is 1. The number of hydrogen-bond donors (Lipinski definition) is 3. The van der Waals surface area contributed by atoms with Gasteiger partial charge in [-0.2, -0.15) is 0 Å². The maximum Gasteiger partial charge on any atom is 0.224 e. The average Bonchev–Trinajstić information content (AvgIpc) is 2.97. The number of carbonyl (C=O) groups is 1. The highest BCUT2D eigenvalue weighted by Gasteiger charge is 2.15. The van der Waals surface area contributed by atoms with Gasteiger partial charge >= 0.3 is 0 Å². The van der Waals surface area contributed by atoms with Crippen LogP contribution in [0.5, 0.6) is 0 Å². The van der Waals surface area contributed by atoms with Crippen molar-refractivity contribution in [1.82, 2.24) is 10.0 Å². The highest BCUT2D eigenvalue weighted by atomic mass is 35.5. The van der Waals surface area contributed by atoms with E-state index in [4.69, 9.17) is 0 Å². The van der Waals surface area contributed by atoms with Crippen molar-refractivity contribution in [2.75, 3.05) is 24.7 Å². The standard InChI is InChI=1S/C15H23N3O3S.ClH/c1-22(20,21)17-11-12-2-5-14(6-3-12)18-15(19)7-4-13-8-9-16-10-13;/h2-3,5-6,13,16-17H,4,7-11H2,1H3,(H,18,19);1H. The molecule has 8 heteroatoms. The monoisotopic (exact) mass is 361 g/mol. The molecule has 1 aromatic carbocycles. The molecule has 0 saturated carbocycles. The molecular formula is C15H24ClN3O3S. The lowest BCUT2D eigenvalue weighted by Gasteiger charge is -2.09. The van der Waals surface area contributed by atoms with Crippen LogP contribution in [0.25, 0.3) is 0 Å². The minimum absolute atomic E-state index is 0. The minimum atomic E-state index is -3.19. The molecule has 1 atom stereocenters. The first-order valence-corrected chi connectivity index (χ1v) is 9.36. The summed E-state index contributed by atoms with van der Waals surface area (Å²) in [5.74, 6) is 0.629. The third-order valence-electron chi connectivity index (χ3n) is 3.72. The van der Waals surface area contributed by atoms with E-state index in [0.717, 1.165) is 43.4 Å². The maximum atomic E-state index is 11.9. The van der Waals surface area contributed by atoms with Crippen molar-refractivity contribution in [2.24, 2.45) is 5.92 Å². The normalized spacial score (nSPS) is 17.5. The molecule has 3 N–H and O–H groups in total. The Hall–Kier alpha value is -1.15. The van der Waals surface area contributed by atoms with Crippen LogP contribution >= 0.6 is 12.4 Å². The topological polar surface area (TPSA) is 87.3 Å². The van der Waals surface area contributed by atoms with Crippen LogP contribution in [0.15, 0.2) is 24.3 Å². The molecule has 1 amide bonds. The Morgan fingerprint density at radius 3 is 2.57 bits per heavy atom. The summed E-state index contributed by atoms with van der Waals surface area (Å²) in [6, 6.07) is 7.17. The molecule has 1 fully saturated rings. The van der Waals surface area contributed by atoms with Gasteiger partial charge in [-0.05, 0) is 49.5 Å². The minimum Gasteiger partial charge on any atom is -0.326 e. The van der Waals surface area contributed by atoms with Crippen molar-refractivity contribution in [1.29, 1.82) is 0 Å². The fourth-order valence-corrected chi connectivity index (χ4v) is 2.87. The van der Waals surface area contributed by atoms with Gasteiger partial charge < -0.3 is 10.6 Å². The van der Waals surface area contributed by atoms with Crippen LogP contribution in [0.1, 0.15) is 24.8 Å². The molecule has 0 bridgehead atoms. The fourth-order valence-electron chi connectivity index (χ4n) is 2.44. The molecule has 6 nitrogen and oxygen atoms in total. The molecule has 1 aliphatic rings. The van der Waals surface area contributed by atoms with Crippen LogP contribution in [0.2, 0.25) is 0 Å². The summed E-state index contributed by atoms with van der Waals surface area (Å²) >= 11 is 0. The predicted octanol–water partition coefficient (Wildman–Crippen LogP) is 1.49. The van der Waals surface area contributed by atoms with Crippen molar-refractivity contribution in [3.8, 4) is 0 Å². The molecule has 0 spiro atoms. The highest BCUT2D eigenvalue weighted by molar-refractivity contribution is 7.88. The van der Waals surface area contributed by atoms with Crippen molar-refractivity contribution < 1.29 is 13.2 Å². The molecule has 0 aromatic heterocycles. The van der Waals surface area contributed by atoms with Crippen molar-refractivity contribution in [3.05, 3.63) is 29.8 Å². The van der Waals surface area contributed by atoms with E-state index < -0.39 is 10.0 Å².